The van der Waals surface area contributed by atoms with Crippen molar-refractivity contribution in [1.29, 1.82) is 0 Å². The third-order valence-electron chi connectivity index (χ3n) is 3.28. The summed E-state index contributed by atoms with van der Waals surface area (Å²) in [5, 5.41) is 0.632. The Bertz CT molecular complexity index is 445. The van der Waals surface area contributed by atoms with Gasteiger partial charge >= 0.3 is 5.97 Å². The Kier molecular flexibility index (Phi) is 6.29. The predicted molar refractivity (Wildman–Crippen MR) is 78.9 cm³/mol. The lowest BCUT2D eigenvalue weighted by Gasteiger charge is -2.26. The van der Waals surface area contributed by atoms with Crippen molar-refractivity contribution in [3.8, 4) is 5.75 Å². The summed E-state index contributed by atoms with van der Waals surface area (Å²) in [6.45, 7) is 6.08. The number of esters is 1. The Labute approximate surface area is 129 Å². The summed E-state index contributed by atoms with van der Waals surface area (Å²) in [5.74, 6) is 0.243. The van der Waals surface area contributed by atoms with Crippen molar-refractivity contribution < 1.29 is 23.9 Å². The van der Waals surface area contributed by atoms with Crippen molar-refractivity contribution in [2.75, 3.05) is 39.5 Å². The van der Waals surface area contributed by atoms with E-state index in [1.807, 2.05) is 6.92 Å². The Balaban J connectivity index is 1.67. The molecule has 6 heteroatoms. The third kappa shape index (κ3) is 5.91. The lowest BCUT2D eigenvalue weighted by Crippen LogP contribution is -3.15. The van der Waals surface area contributed by atoms with E-state index in [1.54, 1.807) is 24.3 Å². The molecule has 0 spiro atoms. The zero-order chi connectivity index (χ0) is 15.1. The van der Waals surface area contributed by atoms with Crippen molar-refractivity contribution in [3.63, 3.8) is 0 Å². The molecule has 1 saturated heterocycles. The molecule has 5 nitrogen and oxygen atoms in total. The number of rotatable bonds is 6. The Morgan fingerprint density at radius 3 is 2.67 bits per heavy atom. The Hall–Kier alpha value is -1.30. The van der Waals surface area contributed by atoms with Gasteiger partial charge in [-0.2, -0.15) is 0 Å². The number of hydrogen-bond acceptors (Lipinski definition) is 4. The van der Waals surface area contributed by atoms with Crippen LogP contribution in [-0.4, -0.2) is 51.5 Å². The molecule has 1 fully saturated rings. The van der Waals surface area contributed by atoms with Crippen LogP contribution >= 0.6 is 11.6 Å². The molecule has 1 N–H and O–H groups in total. The number of quaternary nitrogens is 1. The average Bonchev–Trinajstić information content (AvgIpc) is 2.47. The number of nitrogens with one attached hydrogen (secondary N) is 1. The second kappa shape index (κ2) is 8.22. The van der Waals surface area contributed by atoms with Gasteiger partial charge in [0.1, 0.15) is 31.5 Å². The number of ether oxygens (including phenoxy) is 3. The van der Waals surface area contributed by atoms with Crippen LogP contribution in [0.2, 0.25) is 5.02 Å². The number of benzene rings is 1. The van der Waals surface area contributed by atoms with Gasteiger partial charge < -0.3 is 19.1 Å². The second-order valence-electron chi connectivity index (χ2n) is 5.11. The van der Waals surface area contributed by atoms with Crippen molar-refractivity contribution >= 4 is 17.6 Å². The van der Waals surface area contributed by atoms with Crippen molar-refractivity contribution in [2.24, 2.45) is 0 Å². The van der Waals surface area contributed by atoms with Gasteiger partial charge in [0, 0.05) is 5.02 Å². The van der Waals surface area contributed by atoms with Gasteiger partial charge in [-0.25, -0.2) is 4.79 Å². The summed E-state index contributed by atoms with van der Waals surface area (Å²) in [4.78, 5) is 13.1. The molecule has 0 saturated carbocycles. The molecule has 2 rings (SSSR count). The van der Waals surface area contributed by atoms with E-state index >= 15 is 0 Å². The van der Waals surface area contributed by atoms with Crippen LogP contribution in [0.5, 0.6) is 5.75 Å². The highest BCUT2D eigenvalue weighted by Crippen LogP contribution is 2.15. The minimum atomic E-state index is -0.356. The number of carbonyl (C=O) groups excluding carboxylic acids is 1. The minimum absolute atomic E-state index is 0.0928. The molecule has 1 aliphatic rings. The molecule has 1 atom stereocenters. The molecule has 1 aromatic carbocycles. The van der Waals surface area contributed by atoms with Crippen LogP contribution in [0.1, 0.15) is 6.92 Å². The summed E-state index contributed by atoms with van der Waals surface area (Å²) < 4.78 is 16.0. The van der Waals surface area contributed by atoms with E-state index in [4.69, 9.17) is 25.8 Å². The molecule has 0 aliphatic carbocycles. The van der Waals surface area contributed by atoms with E-state index in [0.29, 0.717) is 10.8 Å². The summed E-state index contributed by atoms with van der Waals surface area (Å²) in [5.41, 5.74) is 0. The van der Waals surface area contributed by atoms with E-state index in [-0.39, 0.29) is 18.7 Å². The fourth-order valence-corrected chi connectivity index (χ4v) is 2.37. The van der Waals surface area contributed by atoms with Crippen LogP contribution in [0.3, 0.4) is 0 Å². The summed E-state index contributed by atoms with van der Waals surface area (Å²) in [7, 11) is 0. The highest BCUT2D eigenvalue weighted by molar-refractivity contribution is 6.30. The predicted octanol–water partition coefficient (Wildman–Crippen LogP) is 0.566. The molecule has 21 heavy (non-hydrogen) atoms. The van der Waals surface area contributed by atoms with Gasteiger partial charge in [0.2, 0.25) is 0 Å². The highest BCUT2D eigenvalue weighted by Gasteiger charge is 2.19. The average molecular weight is 315 g/mol. The van der Waals surface area contributed by atoms with Crippen LogP contribution in [0.4, 0.5) is 0 Å². The van der Waals surface area contributed by atoms with Gasteiger partial charge in [-0.1, -0.05) is 11.6 Å². The Morgan fingerprint density at radius 1 is 1.33 bits per heavy atom. The van der Waals surface area contributed by atoms with Gasteiger partial charge in [-0.05, 0) is 31.2 Å². The summed E-state index contributed by atoms with van der Waals surface area (Å²) in [6.07, 6.45) is -0.126. The SMILES string of the molecule is C[C@@H](C[NH+]1CCOCC1)OC(=O)COc1ccc(Cl)cc1. The largest absolute Gasteiger partial charge is 0.482 e. The van der Waals surface area contributed by atoms with Crippen molar-refractivity contribution in [2.45, 2.75) is 13.0 Å². The topological polar surface area (TPSA) is 49.2 Å². The van der Waals surface area contributed by atoms with Gasteiger partial charge in [0.25, 0.3) is 0 Å². The molecular formula is C15H21ClNO4+. The van der Waals surface area contributed by atoms with Crippen LogP contribution in [0, 0.1) is 0 Å². The Morgan fingerprint density at radius 2 is 2.00 bits per heavy atom. The highest BCUT2D eigenvalue weighted by atomic mass is 35.5. The molecular weight excluding hydrogens is 294 g/mol. The summed E-state index contributed by atoms with van der Waals surface area (Å²) >= 11 is 5.78. The first kappa shape index (κ1) is 16.1. The first-order valence-electron chi connectivity index (χ1n) is 7.12. The number of morpholine rings is 1. The molecule has 116 valence electrons. The second-order valence-corrected chi connectivity index (χ2v) is 5.55. The van der Waals surface area contributed by atoms with E-state index in [9.17, 15) is 4.79 Å². The molecule has 1 heterocycles. The summed E-state index contributed by atoms with van der Waals surface area (Å²) in [6, 6.07) is 6.87. The van der Waals surface area contributed by atoms with Gasteiger partial charge in [-0.15, -0.1) is 0 Å². The lowest BCUT2D eigenvalue weighted by atomic mass is 10.3. The minimum Gasteiger partial charge on any atom is -0.482 e. The smallest absolute Gasteiger partial charge is 0.344 e. The van der Waals surface area contributed by atoms with E-state index in [1.165, 1.54) is 4.90 Å². The fraction of sp³-hybridized carbons (Fsp3) is 0.533. The third-order valence-corrected chi connectivity index (χ3v) is 3.53. The van der Waals surface area contributed by atoms with Gasteiger partial charge in [0.15, 0.2) is 6.61 Å². The van der Waals surface area contributed by atoms with E-state index in [0.717, 1.165) is 32.8 Å². The molecule has 0 bridgehead atoms. The van der Waals surface area contributed by atoms with Crippen LogP contribution in [0.25, 0.3) is 0 Å². The zero-order valence-corrected chi connectivity index (χ0v) is 12.9. The zero-order valence-electron chi connectivity index (χ0n) is 12.1. The maximum absolute atomic E-state index is 11.7. The number of halogens is 1. The maximum atomic E-state index is 11.7. The van der Waals surface area contributed by atoms with Crippen LogP contribution in [-0.2, 0) is 14.3 Å². The standard InChI is InChI=1S/C15H20ClNO4/c1-12(10-17-6-8-19-9-7-17)21-15(18)11-20-14-4-2-13(16)3-5-14/h2-5,12H,6-11H2,1H3/p+1/t12-/m0/s1. The van der Waals surface area contributed by atoms with Gasteiger partial charge in [0.05, 0.1) is 13.2 Å². The molecule has 0 amide bonds. The quantitative estimate of drug-likeness (QED) is 0.780. The van der Waals surface area contributed by atoms with Crippen LogP contribution < -0.4 is 9.64 Å². The van der Waals surface area contributed by atoms with Crippen molar-refractivity contribution in [3.05, 3.63) is 29.3 Å². The molecule has 1 aromatic rings. The first-order chi connectivity index (χ1) is 10.1. The molecule has 0 unspecified atom stereocenters. The normalized spacial score (nSPS) is 17.2. The monoisotopic (exact) mass is 314 g/mol. The first-order valence-corrected chi connectivity index (χ1v) is 7.50. The van der Waals surface area contributed by atoms with E-state index in [2.05, 4.69) is 0 Å². The fourth-order valence-electron chi connectivity index (χ4n) is 2.24. The molecule has 0 radical (unpaired) electrons. The van der Waals surface area contributed by atoms with Crippen LogP contribution in [0.15, 0.2) is 24.3 Å². The van der Waals surface area contributed by atoms with Gasteiger partial charge in [-0.3, -0.25) is 0 Å². The maximum Gasteiger partial charge on any atom is 0.344 e. The number of carbonyl (C=O) groups is 1. The molecule has 0 aromatic heterocycles. The number of hydrogen-bond donors (Lipinski definition) is 1. The lowest BCUT2D eigenvalue weighted by molar-refractivity contribution is -0.910. The molecule has 1 aliphatic heterocycles. The van der Waals surface area contributed by atoms with E-state index < -0.39 is 0 Å². The van der Waals surface area contributed by atoms with Crippen molar-refractivity contribution in [1.82, 2.24) is 0 Å².